The summed E-state index contributed by atoms with van der Waals surface area (Å²) < 4.78 is 0. The highest BCUT2D eigenvalue weighted by atomic mass is 32.2. The zero-order chi connectivity index (χ0) is 13.7. The number of hydrogen-bond donors (Lipinski definition) is 0. The van der Waals surface area contributed by atoms with Crippen molar-refractivity contribution in [3.63, 3.8) is 0 Å². The summed E-state index contributed by atoms with van der Waals surface area (Å²) in [5.74, 6) is -1.16. The molecular weight excluding hydrogens is 264 g/mol. The molecule has 96 valence electrons. The summed E-state index contributed by atoms with van der Waals surface area (Å²) in [6, 6.07) is 3.21. The number of carbonyl (C=O) groups is 1. The minimum Gasteiger partial charge on any atom is -0.550 e. The van der Waals surface area contributed by atoms with Crippen LogP contribution in [-0.2, 0) is 4.79 Å². The quantitative estimate of drug-likeness (QED) is 0.424. The maximum Gasteiger partial charge on any atom is 0.289 e. The fourth-order valence-electron chi connectivity index (χ4n) is 1.13. The maximum atomic E-state index is 10.7. The second kappa shape index (κ2) is 5.96. The minimum absolute atomic E-state index is 0.0982. The Labute approximate surface area is 105 Å². The van der Waals surface area contributed by atoms with Gasteiger partial charge in [-0.15, -0.1) is 11.8 Å². The van der Waals surface area contributed by atoms with E-state index in [4.69, 9.17) is 0 Å². The Balaban J connectivity index is 2.93. The summed E-state index contributed by atoms with van der Waals surface area (Å²) in [5.41, 5.74) is -0.793. The molecule has 0 atom stereocenters. The number of benzene rings is 1. The SMILES string of the molecule is O=C([O-])CCSc1ccc([N+](=O)[O-])cc1[N+](=O)[O-]. The van der Waals surface area contributed by atoms with Crippen LogP contribution in [0.5, 0.6) is 0 Å². The van der Waals surface area contributed by atoms with Crippen molar-refractivity contribution in [1.82, 2.24) is 0 Å². The van der Waals surface area contributed by atoms with E-state index in [1.165, 1.54) is 6.07 Å². The molecule has 0 aliphatic heterocycles. The first-order valence-corrected chi connectivity index (χ1v) is 5.66. The molecule has 0 radical (unpaired) electrons. The van der Waals surface area contributed by atoms with Gasteiger partial charge in [0.15, 0.2) is 0 Å². The average molecular weight is 271 g/mol. The number of nitro benzene ring substituents is 2. The number of thioether (sulfide) groups is 1. The summed E-state index contributed by atoms with van der Waals surface area (Å²) in [4.78, 5) is 30.1. The first-order valence-electron chi connectivity index (χ1n) is 4.67. The van der Waals surface area contributed by atoms with Crippen molar-refractivity contribution in [3.05, 3.63) is 38.4 Å². The van der Waals surface area contributed by atoms with Crippen LogP contribution < -0.4 is 5.11 Å². The summed E-state index contributed by atoms with van der Waals surface area (Å²) in [7, 11) is 0. The van der Waals surface area contributed by atoms with Crippen LogP contribution in [0.4, 0.5) is 11.4 Å². The number of non-ortho nitro benzene ring substituents is 1. The Bertz CT molecular complexity index is 504. The number of nitro groups is 2. The van der Waals surface area contributed by atoms with Gasteiger partial charge in [0.2, 0.25) is 0 Å². The molecule has 0 aliphatic rings. The molecule has 18 heavy (non-hydrogen) atoms. The summed E-state index contributed by atoms with van der Waals surface area (Å²) in [6.07, 6.45) is -0.251. The molecule has 0 unspecified atom stereocenters. The molecule has 9 heteroatoms. The molecule has 0 amide bonds. The standard InChI is InChI=1S/C9H8N2O6S/c12-9(13)3-4-18-8-2-1-6(10(14)15)5-7(8)11(16)17/h1-2,5H,3-4H2,(H,12,13)/p-1. The van der Waals surface area contributed by atoms with Gasteiger partial charge in [-0.3, -0.25) is 20.2 Å². The molecule has 8 nitrogen and oxygen atoms in total. The minimum atomic E-state index is -1.26. The lowest BCUT2D eigenvalue weighted by molar-refractivity contribution is -0.396. The van der Waals surface area contributed by atoms with Crippen molar-refractivity contribution in [2.75, 3.05) is 5.75 Å². The van der Waals surface area contributed by atoms with Gasteiger partial charge in [-0.2, -0.15) is 0 Å². The molecule has 1 rings (SSSR count). The molecule has 0 aliphatic carbocycles. The van der Waals surface area contributed by atoms with Crippen molar-refractivity contribution >= 4 is 29.1 Å². The lowest BCUT2D eigenvalue weighted by Crippen LogP contribution is -2.22. The highest BCUT2D eigenvalue weighted by Crippen LogP contribution is 2.32. The van der Waals surface area contributed by atoms with Crippen LogP contribution in [0.15, 0.2) is 23.1 Å². The van der Waals surface area contributed by atoms with Crippen LogP contribution in [0.2, 0.25) is 0 Å². The van der Waals surface area contributed by atoms with Gasteiger partial charge in [-0.05, 0) is 12.5 Å². The van der Waals surface area contributed by atoms with E-state index < -0.39 is 21.5 Å². The predicted octanol–water partition coefficient (Wildman–Crippen LogP) is 0.735. The molecule has 0 fully saturated rings. The van der Waals surface area contributed by atoms with Gasteiger partial charge >= 0.3 is 0 Å². The molecule has 0 bridgehead atoms. The zero-order valence-electron chi connectivity index (χ0n) is 8.90. The number of rotatable bonds is 6. The van der Waals surface area contributed by atoms with Crippen LogP contribution >= 0.6 is 11.8 Å². The van der Waals surface area contributed by atoms with Gasteiger partial charge in [0.1, 0.15) is 0 Å². The van der Waals surface area contributed by atoms with Gasteiger partial charge in [-0.1, -0.05) is 0 Å². The Kier molecular flexibility index (Phi) is 4.60. The number of aliphatic carboxylic acids is 1. The predicted molar refractivity (Wildman–Crippen MR) is 60.1 cm³/mol. The number of carboxylic acid groups (broad SMARTS) is 1. The van der Waals surface area contributed by atoms with E-state index in [0.717, 1.165) is 23.9 Å². The second-order valence-corrected chi connectivity index (χ2v) is 4.27. The van der Waals surface area contributed by atoms with Crippen LogP contribution in [0, 0.1) is 20.2 Å². The third kappa shape index (κ3) is 3.70. The molecule has 0 N–H and O–H groups in total. The largest absolute Gasteiger partial charge is 0.550 e. The van der Waals surface area contributed by atoms with E-state index in [0.29, 0.717) is 0 Å². The summed E-state index contributed by atoms with van der Waals surface area (Å²) in [5, 5.41) is 31.4. The Hall–Kier alpha value is -2.16. The van der Waals surface area contributed by atoms with Crippen molar-refractivity contribution < 1.29 is 19.7 Å². The molecule has 1 aromatic rings. The van der Waals surface area contributed by atoms with Crippen molar-refractivity contribution in [1.29, 1.82) is 0 Å². The van der Waals surface area contributed by atoms with E-state index in [1.807, 2.05) is 0 Å². The van der Waals surface area contributed by atoms with Gasteiger partial charge < -0.3 is 9.90 Å². The molecular formula is C9H7N2O6S-. The average Bonchev–Trinajstić information content (AvgIpc) is 2.28. The highest BCUT2D eigenvalue weighted by molar-refractivity contribution is 7.99. The molecule has 0 saturated heterocycles. The Morgan fingerprint density at radius 2 is 1.89 bits per heavy atom. The zero-order valence-corrected chi connectivity index (χ0v) is 9.71. The Morgan fingerprint density at radius 3 is 2.39 bits per heavy atom. The van der Waals surface area contributed by atoms with Gasteiger partial charge in [0, 0.05) is 17.8 Å². The number of carbonyl (C=O) groups excluding carboxylic acids is 1. The first kappa shape index (κ1) is 13.9. The van der Waals surface area contributed by atoms with Crippen molar-refractivity contribution in [2.45, 2.75) is 11.3 Å². The lowest BCUT2D eigenvalue weighted by Gasteiger charge is -2.03. The molecule has 0 aromatic heterocycles. The van der Waals surface area contributed by atoms with Crippen LogP contribution in [0.25, 0.3) is 0 Å². The molecule has 0 heterocycles. The molecule has 0 spiro atoms. The van der Waals surface area contributed by atoms with Crippen LogP contribution in [0.3, 0.4) is 0 Å². The maximum absolute atomic E-state index is 10.7. The van der Waals surface area contributed by atoms with Gasteiger partial charge in [0.05, 0.1) is 20.8 Å². The second-order valence-electron chi connectivity index (χ2n) is 3.14. The number of hydrogen-bond acceptors (Lipinski definition) is 7. The normalized spacial score (nSPS) is 10.0. The van der Waals surface area contributed by atoms with Gasteiger partial charge in [-0.25, -0.2) is 0 Å². The third-order valence-corrected chi connectivity index (χ3v) is 2.98. The lowest BCUT2D eigenvalue weighted by atomic mass is 10.3. The Morgan fingerprint density at radius 1 is 1.22 bits per heavy atom. The fraction of sp³-hybridized carbons (Fsp3) is 0.222. The van der Waals surface area contributed by atoms with E-state index in [1.54, 1.807) is 0 Å². The van der Waals surface area contributed by atoms with Gasteiger partial charge in [0.25, 0.3) is 11.4 Å². The summed E-state index contributed by atoms with van der Waals surface area (Å²) >= 11 is 0.939. The van der Waals surface area contributed by atoms with E-state index >= 15 is 0 Å². The summed E-state index contributed by atoms with van der Waals surface area (Å²) in [6.45, 7) is 0. The highest BCUT2D eigenvalue weighted by Gasteiger charge is 2.19. The van der Waals surface area contributed by atoms with E-state index in [2.05, 4.69) is 0 Å². The molecule has 0 saturated carbocycles. The van der Waals surface area contributed by atoms with E-state index in [9.17, 15) is 30.1 Å². The third-order valence-electron chi connectivity index (χ3n) is 1.91. The fourth-order valence-corrected chi connectivity index (χ4v) is 2.06. The van der Waals surface area contributed by atoms with Crippen molar-refractivity contribution in [2.24, 2.45) is 0 Å². The molecule has 1 aromatic carbocycles. The first-order chi connectivity index (χ1) is 8.41. The number of nitrogens with zero attached hydrogens (tertiary/aromatic N) is 2. The van der Waals surface area contributed by atoms with Crippen LogP contribution in [-0.4, -0.2) is 21.6 Å². The monoisotopic (exact) mass is 271 g/mol. The van der Waals surface area contributed by atoms with E-state index in [-0.39, 0.29) is 22.8 Å². The number of carboxylic acids is 1. The van der Waals surface area contributed by atoms with Crippen molar-refractivity contribution in [3.8, 4) is 0 Å². The smallest absolute Gasteiger partial charge is 0.289 e. The topological polar surface area (TPSA) is 126 Å². The van der Waals surface area contributed by atoms with Crippen LogP contribution in [0.1, 0.15) is 6.42 Å².